The molecule has 0 radical (unpaired) electrons. The Labute approximate surface area is 171 Å². The number of para-hydroxylation sites is 2. The summed E-state index contributed by atoms with van der Waals surface area (Å²) in [6, 6.07) is 19.7. The summed E-state index contributed by atoms with van der Waals surface area (Å²) in [5.41, 5.74) is 4.76. The second-order valence-corrected chi connectivity index (χ2v) is 6.54. The van der Waals surface area contributed by atoms with E-state index in [1.165, 1.54) is 0 Å². The van der Waals surface area contributed by atoms with E-state index in [1.54, 1.807) is 42.5 Å². The summed E-state index contributed by atoms with van der Waals surface area (Å²) in [5, 5.41) is 1.88. The van der Waals surface area contributed by atoms with E-state index in [2.05, 4.69) is 10.9 Å². The topological polar surface area (TPSA) is 103 Å². The zero-order chi connectivity index (χ0) is 20.9. The summed E-state index contributed by atoms with van der Waals surface area (Å²) in [6.07, 6.45) is -0.916. The molecule has 0 aromatic heterocycles. The molecule has 4 rings (SSSR count). The van der Waals surface area contributed by atoms with Gasteiger partial charge in [-0.1, -0.05) is 42.5 Å². The number of fused-ring (bicyclic) bond motifs is 2. The van der Waals surface area contributed by atoms with E-state index in [1.807, 2.05) is 24.3 Å². The number of hydrogen-bond acceptors (Lipinski definition) is 6. The van der Waals surface area contributed by atoms with Gasteiger partial charge in [-0.25, -0.2) is 4.79 Å². The highest BCUT2D eigenvalue weighted by Crippen LogP contribution is 2.30. The van der Waals surface area contributed by atoms with Crippen LogP contribution < -0.4 is 20.3 Å². The van der Waals surface area contributed by atoms with Crippen LogP contribution in [0.25, 0.3) is 10.8 Å². The quantitative estimate of drug-likeness (QED) is 0.507. The molecule has 3 aromatic rings. The van der Waals surface area contributed by atoms with Crippen molar-refractivity contribution in [2.75, 3.05) is 13.2 Å². The number of esters is 1. The van der Waals surface area contributed by atoms with Crippen molar-refractivity contribution < 1.29 is 28.6 Å². The molecular weight excluding hydrogens is 388 g/mol. The molecule has 2 N–H and O–H groups in total. The molecule has 0 saturated heterocycles. The largest absolute Gasteiger partial charge is 0.485 e. The minimum atomic E-state index is -0.916. The van der Waals surface area contributed by atoms with E-state index in [9.17, 15) is 14.4 Å². The molecule has 1 atom stereocenters. The van der Waals surface area contributed by atoms with Crippen molar-refractivity contribution in [3.63, 3.8) is 0 Å². The van der Waals surface area contributed by atoms with Gasteiger partial charge in [0.1, 0.15) is 6.61 Å². The summed E-state index contributed by atoms with van der Waals surface area (Å²) in [5.74, 6) is -0.915. The predicted molar refractivity (Wildman–Crippen MR) is 107 cm³/mol. The number of nitrogens with one attached hydrogen (secondary N) is 2. The standard InChI is InChI=1S/C22H18N2O6/c25-20(13-29-22(27)16-10-9-14-5-1-2-6-15(14)11-16)23-24-21(26)19-12-28-17-7-3-4-8-18(17)30-19/h1-11,19H,12-13H2,(H,23,25)(H,24,26)/t19-/m1/s1. The molecular formula is C22H18N2O6. The van der Waals surface area contributed by atoms with E-state index in [0.717, 1.165) is 10.8 Å². The highest BCUT2D eigenvalue weighted by Gasteiger charge is 2.27. The van der Waals surface area contributed by atoms with Crippen LogP contribution in [0.2, 0.25) is 0 Å². The Bertz CT molecular complexity index is 1110. The van der Waals surface area contributed by atoms with Crippen molar-refractivity contribution >= 4 is 28.6 Å². The van der Waals surface area contributed by atoms with Gasteiger partial charge in [-0.2, -0.15) is 0 Å². The van der Waals surface area contributed by atoms with Crippen molar-refractivity contribution in [2.24, 2.45) is 0 Å². The van der Waals surface area contributed by atoms with Gasteiger partial charge in [-0.3, -0.25) is 20.4 Å². The average molecular weight is 406 g/mol. The van der Waals surface area contributed by atoms with Gasteiger partial charge in [0.25, 0.3) is 11.8 Å². The lowest BCUT2D eigenvalue weighted by molar-refractivity contribution is -0.135. The third-order valence-electron chi connectivity index (χ3n) is 4.45. The molecule has 2 amide bonds. The fourth-order valence-corrected chi connectivity index (χ4v) is 2.93. The number of amides is 2. The summed E-state index contributed by atoms with van der Waals surface area (Å²) < 4.78 is 16.0. The average Bonchev–Trinajstić information content (AvgIpc) is 2.80. The van der Waals surface area contributed by atoms with Crippen molar-refractivity contribution in [3.05, 3.63) is 72.3 Å². The number of carbonyl (C=O) groups excluding carboxylic acids is 3. The van der Waals surface area contributed by atoms with E-state index in [4.69, 9.17) is 14.2 Å². The monoisotopic (exact) mass is 406 g/mol. The lowest BCUT2D eigenvalue weighted by Gasteiger charge is -2.25. The van der Waals surface area contributed by atoms with Gasteiger partial charge in [0.15, 0.2) is 18.1 Å². The molecule has 0 saturated carbocycles. The minimum absolute atomic E-state index is 0.00959. The van der Waals surface area contributed by atoms with Crippen LogP contribution in [0.15, 0.2) is 66.7 Å². The van der Waals surface area contributed by atoms with Gasteiger partial charge in [0, 0.05) is 0 Å². The maximum absolute atomic E-state index is 12.2. The van der Waals surface area contributed by atoms with E-state index < -0.39 is 30.5 Å². The molecule has 3 aromatic carbocycles. The Hall–Kier alpha value is -4.07. The maximum Gasteiger partial charge on any atom is 0.338 e. The molecule has 0 fully saturated rings. The van der Waals surface area contributed by atoms with Crippen molar-refractivity contribution in [3.8, 4) is 11.5 Å². The van der Waals surface area contributed by atoms with Gasteiger partial charge in [0.2, 0.25) is 6.10 Å². The number of ether oxygens (including phenoxy) is 3. The first kappa shape index (κ1) is 19.3. The zero-order valence-electron chi connectivity index (χ0n) is 15.8. The van der Waals surface area contributed by atoms with Crippen LogP contribution in [0.4, 0.5) is 0 Å². The zero-order valence-corrected chi connectivity index (χ0v) is 15.8. The van der Waals surface area contributed by atoms with Crippen molar-refractivity contribution in [1.82, 2.24) is 10.9 Å². The third-order valence-corrected chi connectivity index (χ3v) is 4.45. The molecule has 0 bridgehead atoms. The molecule has 1 aliphatic rings. The van der Waals surface area contributed by atoms with Crippen LogP contribution in [0.5, 0.6) is 11.5 Å². The van der Waals surface area contributed by atoms with Crippen LogP contribution in [0.1, 0.15) is 10.4 Å². The number of carbonyl (C=O) groups is 3. The Morgan fingerprint density at radius 1 is 0.900 bits per heavy atom. The van der Waals surface area contributed by atoms with Gasteiger partial charge in [-0.05, 0) is 35.0 Å². The van der Waals surface area contributed by atoms with E-state index >= 15 is 0 Å². The second-order valence-electron chi connectivity index (χ2n) is 6.54. The summed E-state index contributed by atoms with van der Waals surface area (Å²) in [7, 11) is 0. The highest BCUT2D eigenvalue weighted by atomic mass is 16.6. The predicted octanol–water partition coefficient (Wildman–Crippen LogP) is 1.98. The molecule has 1 aliphatic heterocycles. The lowest BCUT2D eigenvalue weighted by atomic mass is 10.1. The molecule has 0 aliphatic carbocycles. The van der Waals surface area contributed by atoms with Crippen LogP contribution in [0.3, 0.4) is 0 Å². The Balaban J connectivity index is 1.24. The SMILES string of the molecule is O=C(COC(=O)c1ccc2ccccc2c1)NNC(=O)[C@H]1COc2ccccc2O1. The minimum Gasteiger partial charge on any atom is -0.485 e. The first-order valence-electron chi connectivity index (χ1n) is 9.23. The fourth-order valence-electron chi connectivity index (χ4n) is 2.93. The maximum atomic E-state index is 12.2. The second kappa shape index (κ2) is 8.52. The Morgan fingerprint density at radius 3 is 2.47 bits per heavy atom. The number of hydrazine groups is 1. The summed E-state index contributed by atoms with van der Waals surface area (Å²) in [6.45, 7) is -0.535. The lowest BCUT2D eigenvalue weighted by Crippen LogP contribution is -2.51. The van der Waals surface area contributed by atoms with Crippen molar-refractivity contribution in [2.45, 2.75) is 6.10 Å². The highest BCUT2D eigenvalue weighted by molar-refractivity contribution is 5.96. The van der Waals surface area contributed by atoms with Crippen molar-refractivity contribution in [1.29, 1.82) is 0 Å². The number of rotatable bonds is 4. The van der Waals surface area contributed by atoms with Crippen LogP contribution in [0, 0.1) is 0 Å². The molecule has 8 nitrogen and oxygen atoms in total. The van der Waals surface area contributed by atoms with Gasteiger partial charge >= 0.3 is 5.97 Å². The smallest absolute Gasteiger partial charge is 0.338 e. The van der Waals surface area contributed by atoms with E-state index in [-0.39, 0.29) is 6.61 Å². The Kier molecular flexibility index (Phi) is 5.47. The van der Waals surface area contributed by atoms with Crippen LogP contribution >= 0.6 is 0 Å². The van der Waals surface area contributed by atoms with E-state index in [0.29, 0.717) is 17.1 Å². The van der Waals surface area contributed by atoms with Gasteiger partial charge < -0.3 is 14.2 Å². The summed E-state index contributed by atoms with van der Waals surface area (Å²) >= 11 is 0. The van der Waals surface area contributed by atoms with Gasteiger partial charge in [0.05, 0.1) is 5.56 Å². The fraction of sp³-hybridized carbons (Fsp3) is 0.136. The van der Waals surface area contributed by atoms with Crippen LogP contribution in [-0.4, -0.2) is 37.1 Å². The van der Waals surface area contributed by atoms with Gasteiger partial charge in [-0.15, -0.1) is 0 Å². The molecule has 8 heteroatoms. The number of benzene rings is 3. The number of hydrogen-bond donors (Lipinski definition) is 2. The first-order valence-corrected chi connectivity index (χ1v) is 9.23. The Morgan fingerprint density at radius 2 is 1.63 bits per heavy atom. The molecule has 1 heterocycles. The molecule has 30 heavy (non-hydrogen) atoms. The molecule has 0 unspecified atom stereocenters. The normalized spacial score (nSPS) is 14.6. The van der Waals surface area contributed by atoms with Crippen LogP contribution in [-0.2, 0) is 14.3 Å². The third kappa shape index (κ3) is 4.33. The molecule has 0 spiro atoms. The first-order chi connectivity index (χ1) is 14.6. The molecule has 152 valence electrons. The summed E-state index contributed by atoms with van der Waals surface area (Å²) in [4.78, 5) is 36.2.